The molecule has 10 nitrogen and oxygen atoms in total. The number of carboxylic acid groups (broad SMARTS) is 1. The number of ether oxygens (including phenoxy) is 3. The number of benzene rings is 2. The number of amides is 1. The first kappa shape index (κ1) is 30.0. The van der Waals surface area contributed by atoms with Crippen molar-refractivity contribution in [3.8, 4) is 11.5 Å². The number of carbonyl (C=O) groups is 3. The van der Waals surface area contributed by atoms with Crippen LogP contribution in [0.25, 0.3) is 0 Å². The molecule has 1 amide bonds. The third-order valence-electron chi connectivity index (χ3n) is 7.49. The summed E-state index contributed by atoms with van der Waals surface area (Å²) >= 11 is 6.51. The highest BCUT2D eigenvalue weighted by molar-refractivity contribution is 6.30. The standard InChI is InChI=1S/C29H35ClN2O8/c1-16(33)24-21(34)13-31(25(24)28(36)37)32(15-29(2,3)4)20-11-10-17(30)12-19(20)26(40-14-23(32)35)18-8-7-9-22(38-5)27(18)39-6/h7-12,21,24-26,34H,13-15H2,1-6H3/p+1/t21-,24+,25+,26-,32-/m0/s1. The maximum absolute atomic E-state index is 14.4. The number of Topliss-reactive ketones (excluding diaryl/α,β-unsaturated/α-hetero) is 1. The Kier molecular flexibility index (Phi) is 8.31. The van der Waals surface area contributed by atoms with Crippen molar-refractivity contribution in [3.05, 3.63) is 52.5 Å². The highest BCUT2D eigenvalue weighted by Gasteiger charge is 2.62. The van der Waals surface area contributed by atoms with Crippen molar-refractivity contribution in [2.45, 2.75) is 45.9 Å². The molecule has 0 radical (unpaired) electrons. The fraction of sp³-hybridized carbons (Fsp3) is 0.483. The van der Waals surface area contributed by atoms with E-state index < -0.39 is 58.4 Å². The number of ketones is 1. The number of rotatable bonds is 7. The minimum Gasteiger partial charge on any atom is -0.493 e. The molecule has 1 saturated heterocycles. The van der Waals surface area contributed by atoms with Crippen LogP contribution in [0.3, 0.4) is 0 Å². The second-order valence-electron chi connectivity index (χ2n) is 11.5. The molecule has 2 aliphatic rings. The average Bonchev–Trinajstić information content (AvgIpc) is 3.19. The molecule has 11 heteroatoms. The number of hydrogen-bond acceptors (Lipinski definition) is 8. The third-order valence-corrected chi connectivity index (χ3v) is 7.72. The van der Waals surface area contributed by atoms with Gasteiger partial charge in [-0.25, -0.2) is 4.79 Å². The van der Waals surface area contributed by atoms with Gasteiger partial charge >= 0.3 is 11.9 Å². The van der Waals surface area contributed by atoms with Gasteiger partial charge in [0.2, 0.25) is 0 Å². The van der Waals surface area contributed by atoms with Crippen molar-refractivity contribution in [2.75, 3.05) is 33.9 Å². The Morgan fingerprint density at radius 2 is 1.85 bits per heavy atom. The molecule has 4 rings (SSSR count). The molecule has 0 bridgehead atoms. The zero-order valence-corrected chi connectivity index (χ0v) is 24.3. The molecule has 2 aliphatic heterocycles. The summed E-state index contributed by atoms with van der Waals surface area (Å²) in [7, 11) is 3.03. The number of aliphatic carboxylic acids is 1. The number of aliphatic hydroxyl groups excluding tert-OH is 1. The van der Waals surface area contributed by atoms with E-state index in [4.69, 9.17) is 25.8 Å². The maximum Gasteiger partial charge on any atom is 0.363 e. The summed E-state index contributed by atoms with van der Waals surface area (Å²) in [5.41, 5.74) is 1.05. The molecule has 0 aromatic heterocycles. The van der Waals surface area contributed by atoms with E-state index in [0.29, 0.717) is 33.3 Å². The van der Waals surface area contributed by atoms with Crippen LogP contribution in [0.4, 0.5) is 5.69 Å². The van der Waals surface area contributed by atoms with Crippen molar-refractivity contribution in [3.63, 3.8) is 0 Å². The summed E-state index contributed by atoms with van der Waals surface area (Å²) in [6.07, 6.45) is -2.11. The zero-order chi connectivity index (χ0) is 29.6. The Morgan fingerprint density at radius 3 is 2.42 bits per heavy atom. The van der Waals surface area contributed by atoms with Crippen molar-refractivity contribution in [1.82, 2.24) is 9.60 Å². The molecule has 2 N–H and O–H groups in total. The van der Waals surface area contributed by atoms with Crippen molar-refractivity contribution < 1.29 is 38.8 Å². The van der Waals surface area contributed by atoms with E-state index in [1.807, 2.05) is 20.8 Å². The monoisotopic (exact) mass is 575 g/mol. The topological polar surface area (TPSA) is 123 Å². The second-order valence-corrected chi connectivity index (χ2v) is 11.9. The minimum atomic E-state index is -1.45. The van der Waals surface area contributed by atoms with E-state index in [1.54, 1.807) is 36.4 Å². The zero-order valence-electron chi connectivity index (χ0n) is 23.5. The molecular formula is C29H36ClN2O8+. The molecule has 0 saturated carbocycles. The van der Waals surface area contributed by atoms with Gasteiger partial charge < -0.3 is 24.4 Å². The Hall–Kier alpha value is -3.02. The molecule has 2 heterocycles. The van der Waals surface area contributed by atoms with E-state index in [2.05, 4.69) is 0 Å². The maximum atomic E-state index is 14.4. The number of methoxy groups -OCH3 is 2. The van der Waals surface area contributed by atoms with Gasteiger partial charge in [-0.15, -0.1) is 9.60 Å². The van der Waals surface area contributed by atoms with Gasteiger partial charge in [0.15, 0.2) is 29.8 Å². The molecular weight excluding hydrogens is 540 g/mol. The van der Waals surface area contributed by atoms with Gasteiger partial charge in [-0.3, -0.25) is 9.59 Å². The van der Waals surface area contributed by atoms with Gasteiger partial charge in [0, 0.05) is 22.1 Å². The molecule has 216 valence electrons. The molecule has 40 heavy (non-hydrogen) atoms. The van der Waals surface area contributed by atoms with E-state index in [1.165, 1.54) is 26.2 Å². The number of carboxylic acids is 1. The number of carbonyl (C=O) groups excluding carboxylic acids is 2. The second kappa shape index (κ2) is 11.1. The Labute approximate surface area is 238 Å². The number of aliphatic hydroxyl groups is 1. The molecule has 0 spiro atoms. The first-order chi connectivity index (χ1) is 18.8. The van der Waals surface area contributed by atoms with Crippen LogP contribution in [-0.4, -0.2) is 78.9 Å². The lowest BCUT2D eigenvalue weighted by molar-refractivity contribution is -0.166. The lowest BCUT2D eigenvalue weighted by atomic mass is 9.92. The van der Waals surface area contributed by atoms with Crippen LogP contribution in [0, 0.1) is 11.3 Å². The predicted octanol–water partition coefficient (Wildman–Crippen LogP) is 3.61. The van der Waals surface area contributed by atoms with Gasteiger partial charge in [-0.2, -0.15) is 0 Å². The highest BCUT2D eigenvalue weighted by Crippen LogP contribution is 2.48. The Morgan fingerprint density at radius 1 is 1.15 bits per heavy atom. The lowest BCUT2D eigenvalue weighted by Gasteiger charge is -2.45. The molecule has 0 aliphatic carbocycles. The lowest BCUT2D eigenvalue weighted by Crippen LogP contribution is -2.71. The summed E-state index contributed by atoms with van der Waals surface area (Å²) in [6.45, 7) is 6.61. The number of nitrogens with zero attached hydrogens (tertiary/aromatic N) is 2. The fourth-order valence-electron chi connectivity index (χ4n) is 6.11. The summed E-state index contributed by atoms with van der Waals surface area (Å²) < 4.78 is 16.9. The van der Waals surface area contributed by atoms with Crippen LogP contribution in [0.15, 0.2) is 36.4 Å². The predicted molar refractivity (Wildman–Crippen MR) is 148 cm³/mol. The van der Waals surface area contributed by atoms with E-state index >= 15 is 0 Å². The van der Waals surface area contributed by atoms with Gasteiger partial charge in [0.1, 0.15) is 18.4 Å². The summed E-state index contributed by atoms with van der Waals surface area (Å²) in [5.74, 6) is -2.54. The first-order valence-corrected chi connectivity index (χ1v) is 13.4. The largest absolute Gasteiger partial charge is 0.493 e. The third kappa shape index (κ3) is 5.10. The highest BCUT2D eigenvalue weighted by atomic mass is 35.5. The van der Waals surface area contributed by atoms with E-state index in [0.717, 1.165) is 0 Å². The van der Waals surface area contributed by atoms with Crippen LogP contribution in [0.1, 0.15) is 44.9 Å². The SMILES string of the molecule is COc1cccc([C@@H]2OCC(=O)[N@@+](CC(C)(C)C)(N3C[C@H](O)[C@@H](C(C)=O)[C@@H]3C(=O)O)c3ccc(Cl)cc32)c1OC. The quantitative estimate of drug-likeness (QED) is 0.477. The number of fused-ring (bicyclic) bond motifs is 1. The smallest absolute Gasteiger partial charge is 0.363 e. The normalized spacial score (nSPS) is 27.1. The summed E-state index contributed by atoms with van der Waals surface area (Å²) in [5, 5.41) is 23.1. The molecule has 0 unspecified atom stereocenters. The van der Waals surface area contributed by atoms with Gasteiger partial charge in [0.05, 0.1) is 38.3 Å². The Balaban J connectivity index is 2.06. The van der Waals surface area contributed by atoms with Crippen LogP contribution in [0.5, 0.6) is 11.5 Å². The fourth-order valence-corrected chi connectivity index (χ4v) is 6.29. The number of para-hydroxylation sites is 1. The van der Waals surface area contributed by atoms with Crippen molar-refractivity contribution in [2.24, 2.45) is 11.3 Å². The minimum absolute atomic E-state index is 0.132. The van der Waals surface area contributed by atoms with Gasteiger partial charge in [-0.05, 0) is 25.1 Å². The van der Waals surface area contributed by atoms with Crippen LogP contribution >= 0.6 is 11.6 Å². The molecule has 2 aromatic carbocycles. The van der Waals surface area contributed by atoms with Gasteiger partial charge in [-0.1, -0.05) is 44.5 Å². The Bertz CT molecular complexity index is 1330. The van der Waals surface area contributed by atoms with Crippen LogP contribution in [-0.2, 0) is 19.1 Å². The number of β-amino-alcohol motifs (C(OH)–C–C–N with tert-alkyl or cyclic N) is 1. The van der Waals surface area contributed by atoms with Crippen LogP contribution in [0.2, 0.25) is 5.02 Å². The van der Waals surface area contributed by atoms with Crippen molar-refractivity contribution in [1.29, 1.82) is 0 Å². The number of halogens is 1. The molecule has 2 aromatic rings. The summed E-state index contributed by atoms with van der Waals surface area (Å²) in [4.78, 5) is 39.7. The average molecular weight is 576 g/mol. The van der Waals surface area contributed by atoms with Crippen molar-refractivity contribution >= 4 is 34.9 Å². The first-order valence-electron chi connectivity index (χ1n) is 13.0. The van der Waals surface area contributed by atoms with E-state index in [-0.39, 0.29) is 13.1 Å². The number of quaternary nitrogens is 1. The van der Waals surface area contributed by atoms with Crippen LogP contribution < -0.4 is 14.1 Å². The molecule has 5 atom stereocenters. The van der Waals surface area contributed by atoms with Gasteiger partial charge in [0.25, 0.3) is 0 Å². The number of hydrogen-bond donors (Lipinski definition) is 2. The summed E-state index contributed by atoms with van der Waals surface area (Å²) in [6, 6.07) is 8.90. The molecule has 1 fully saturated rings. The van der Waals surface area contributed by atoms with E-state index in [9.17, 15) is 24.6 Å².